The zero-order valence-corrected chi connectivity index (χ0v) is 25.7. The van der Waals surface area contributed by atoms with E-state index in [1.54, 1.807) is 27.3 Å². The number of amides is 1. The number of allylic oxidation sites excluding steroid dienone is 1. The minimum atomic E-state index is -2.68. The van der Waals surface area contributed by atoms with Crippen molar-refractivity contribution in [2.45, 2.75) is 50.3 Å². The topological polar surface area (TPSA) is 174 Å². The molecule has 6 N–H and O–H groups in total. The molecule has 45 heavy (non-hydrogen) atoms. The Morgan fingerprint density at radius 1 is 1.07 bits per heavy atom. The van der Waals surface area contributed by atoms with Crippen molar-refractivity contribution < 1.29 is 39.5 Å². The molecule has 238 valence electrons. The monoisotopic (exact) mass is 617 g/mol. The Bertz CT molecular complexity index is 1670. The van der Waals surface area contributed by atoms with E-state index < -0.39 is 58.0 Å². The third kappa shape index (κ3) is 4.72. The molecular formula is C34H39N3O8. The summed E-state index contributed by atoms with van der Waals surface area (Å²) in [5, 5.41) is 45.4. The lowest BCUT2D eigenvalue weighted by Gasteiger charge is -2.50. The highest BCUT2D eigenvalue weighted by Gasteiger charge is 2.63. The smallest absolute Gasteiger partial charge is 0.255 e. The number of carbonyl (C=O) groups is 3. The molecule has 0 bridgehead atoms. The number of likely N-dealkylation sites (N-methyl/N-ethyl adjacent to an activating group) is 1. The second-order valence-electron chi connectivity index (χ2n) is 12.8. The number of nitrogens with zero attached hydrogens (tertiary/aromatic N) is 2. The number of fused-ring (bicyclic) bond motifs is 3. The lowest BCUT2D eigenvalue weighted by Crippen LogP contribution is -2.63. The molecule has 0 saturated carbocycles. The molecule has 6 rings (SSSR count). The van der Waals surface area contributed by atoms with Gasteiger partial charge < -0.3 is 30.9 Å². The number of aliphatic hydroxyl groups excluding tert-OH is 2. The molecule has 1 amide bonds. The van der Waals surface area contributed by atoms with Crippen molar-refractivity contribution in [3.05, 3.63) is 69.7 Å². The van der Waals surface area contributed by atoms with E-state index in [2.05, 4.69) is 4.90 Å². The number of phenols is 1. The molecule has 4 atom stereocenters. The molecule has 1 heterocycles. The Labute approximate surface area is 261 Å². The van der Waals surface area contributed by atoms with Crippen LogP contribution in [-0.4, -0.2) is 93.6 Å². The highest BCUT2D eigenvalue weighted by Crippen LogP contribution is 2.53. The predicted octanol–water partition coefficient (Wildman–Crippen LogP) is 2.78. The summed E-state index contributed by atoms with van der Waals surface area (Å²) in [7, 11) is 4.78. The van der Waals surface area contributed by atoms with E-state index in [0.29, 0.717) is 16.9 Å². The molecule has 1 unspecified atom stereocenters. The fourth-order valence-corrected chi connectivity index (χ4v) is 7.94. The Kier molecular flexibility index (Phi) is 7.75. The van der Waals surface area contributed by atoms with Gasteiger partial charge in [0.25, 0.3) is 5.91 Å². The highest BCUT2D eigenvalue weighted by atomic mass is 16.5. The van der Waals surface area contributed by atoms with Gasteiger partial charge in [0.05, 0.1) is 18.7 Å². The number of aromatic hydroxyl groups is 1. The number of nitrogens with two attached hydrogens (primary N) is 1. The van der Waals surface area contributed by atoms with Crippen LogP contribution in [-0.2, 0) is 22.6 Å². The van der Waals surface area contributed by atoms with Gasteiger partial charge in [0.1, 0.15) is 28.6 Å². The van der Waals surface area contributed by atoms with Crippen LogP contribution in [0.1, 0.15) is 47.2 Å². The van der Waals surface area contributed by atoms with Crippen molar-refractivity contribution in [2.75, 3.05) is 34.3 Å². The summed E-state index contributed by atoms with van der Waals surface area (Å²) < 4.78 is 5.74. The number of hydrogen-bond donors (Lipinski definition) is 5. The Morgan fingerprint density at radius 2 is 1.78 bits per heavy atom. The first kappa shape index (κ1) is 30.8. The third-order valence-electron chi connectivity index (χ3n) is 10.0. The lowest BCUT2D eigenvalue weighted by molar-refractivity contribution is -0.148. The van der Waals surface area contributed by atoms with Crippen LogP contribution in [0.15, 0.2) is 53.0 Å². The number of ether oxygens (including phenoxy) is 1. The standard InChI is InChI=1S/C34H39N3O8/c1-36(2)28-22-15-18-14-21-19(20-13-17(7-10-24(20)45-3)16-37-11-5-4-6-12-37)8-9-23(38)26(21)29(39)25(18)31(41)34(22,44)32(42)27(30(28)40)33(35)43/h7-10,13,18,22,28,38,40-41,44H,4-6,11-12,14-16H2,1-3H3,(H2,35,43)/t18-,22-,28?,34-/m1/s1. The highest BCUT2D eigenvalue weighted by molar-refractivity contribution is 6.25. The molecular weight excluding hydrogens is 578 g/mol. The van der Waals surface area contributed by atoms with E-state index in [4.69, 9.17) is 10.5 Å². The number of piperidine rings is 1. The fraction of sp³-hybridized carbons (Fsp3) is 0.441. The maximum absolute atomic E-state index is 14.2. The van der Waals surface area contributed by atoms with Crippen molar-refractivity contribution in [1.29, 1.82) is 0 Å². The lowest BCUT2D eigenvalue weighted by atomic mass is 9.58. The van der Waals surface area contributed by atoms with E-state index in [1.807, 2.05) is 18.2 Å². The number of ketones is 2. The van der Waals surface area contributed by atoms with Gasteiger partial charge in [-0.25, -0.2) is 0 Å². The zero-order chi connectivity index (χ0) is 32.4. The summed E-state index contributed by atoms with van der Waals surface area (Å²) in [6.07, 6.45) is 3.77. The van der Waals surface area contributed by atoms with Gasteiger partial charge >= 0.3 is 0 Å². The number of phenolic OH excluding ortho intramolecular Hbond substituents is 1. The molecule has 1 saturated heterocycles. The molecule has 0 aromatic heterocycles. The van der Waals surface area contributed by atoms with Crippen molar-refractivity contribution >= 4 is 17.5 Å². The van der Waals surface area contributed by atoms with E-state index in [9.17, 15) is 34.8 Å². The van der Waals surface area contributed by atoms with Crippen molar-refractivity contribution in [1.82, 2.24) is 9.80 Å². The van der Waals surface area contributed by atoms with E-state index in [-0.39, 0.29) is 29.7 Å². The minimum absolute atomic E-state index is 0.0208. The van der Waals surface area contributed by atoms with Gasteiger partial charge in [0.2, 0.25) is 5.78 Å². The van der Waals surface area contributed by atoms with Crippen LogP contribution in [0.5, 0.6) is 11.5 Å². The first-order valence-electron chi connectivity index (χ1n) is 15.3. The normalized spacial score (nSPS) is 26.9. The molecule has 2 aromatic rings. The summed E-state index contributed by atoms with van der Waals surface area (Å²) in [4.78, 5) is 43.9. The number of primary amides is 1. The summed E-state index contributed by atoms with van der Waals surface area (Å²) in [5.41, 5.74) is 4.78. The van der Waals surface area contributed by atoms with Crippen LogP contribution >= 0.6 is 0 Å². The first-order valence-corrected chi connectivity index (χ1v) is 15.3. The second kappa shape index (κ2) is 11.3. The first-order chi connectivity index (χ1) is 21.4. The van der Waals surface area contributed by atoms with Crippen molar-refractivity contribution in [3.63, 3.8) is 0 Å². The molecule has 11 heteroatoms. The zero-order valence-electron chi connectivity index (χ0n) is 25.7. The Morgan fingerprint density at radius 3 is 2.42 bits per heavy atom. The summed E-state index contributed by atoms with van der Waals surface area (Å²) in [6.45, 7) is 2.82. The average Bonchev–Trinajstić information content (AvgIpc) is 2.99. The maximum Gasteiger partial charge on any atom is 0.255 e. The SMILES string of the molecule is COc1ccc(CN2CCCCC2)cc1-c1ccc(O)c2c1C[C@@H]1C[C@@H]3C(N(C)C)C(O)=C(C(N)=O)C(=O)[C@]3(O)C(O)=C1C2=O. The number of carbonyl (C=O) groups excluding carboxylic acids is 3. The number of benzene rings is 2. The molecule has 2 aromatic carbocycles. The van der Waals surface area contributed by atoms with Crippen LogP contribution in [0.3, 0.4) is 0 Å². The number of likely N-dealkylation sites (tertiary alicyclic amines) is 1. The van der Waals surface area contributed by atoms with Gasteiger partial charge in [-0.05, 0) is 93.7 Å². The largest absolute Gasteiger partial charge is 0.510 e. The van der Waals surface area contributed by atoms with E-state index >= 15 is 0 Å². The number of aliphatic hydroxyl groups is 3. The average molecular weight is 618 g/mol. The molecule has 0 radical (unpaired) electrons. The molecule has 11 nitrogen and oxygen atoms in total. The van der Waals surface area contributed by atoms with Gasteiger partial charge in [0, 0.05) is 23.6 Å². The number of methoxy groups -OCH3 is 1. The van der Waals surface area contributed by atoms with Gasteiger partial charge in [0.15, 0.2) is 11.4 Å². The van der Waals surface area contributed by atoms with E-state index in [1.165, 1.54) is 17.4 Å². The summed E-state index contributed by atoms with van der Waals surface area (Å²) >= 11 is 0. The Hall–Kier alpha value is -4.19. The molecule has 1 fully saturated rings. The van der Waals surface area contributed by atoms with Gasteiger partial charge in [-0.15, -0.1) is 0 Å². The van der Waals surface area contributed by atoms with Crippen LogP contribution < -0.4 is 10.5 Å². The maximum atomic E-state index is 14.2. The van der Waals surface area contributed by atoms with Crippen LogP contribution in [0.2, 0.25) is 0 Å². The van der Waals surface area contributed by atoms with Gasteiger partial charge in [-0.3, -0.25) is 24.2 Å². The number of hydrogen-bond acceptors (Lipinski definition) is 10. The van der Waals surface area contributed by atoms with Gasteiger partial charge in [-0.2, -0.15) is 0 Å². The Balaban J connectivity index is 1.48. The quantitative estimate of drug-likeness (QED) is 0.303. The van der Waals surface area contributed by atoms with E-state index in [0.717, 1.165) is 43.6 Å². The number of Topliss-reactive ketones (excluding diaryl/α,β-unsaturated/α-hetero) is 2. The van der Waals surface area contributed by atoms with Crippen molar-refractivity contribution in [3.8, 4) is 22.6 Å². The van der Waals surface area contributed by atoms with Gasteiger partial charge in [-0.1, -0.05) is 18.6 Å². The van der Waals surface area contributed by atoms with Crippen LogP contribution in [0, 0.1) is 11.8 Å². The molecule has 4 aliphatic rings. The summed E-state index contributed by atoms with van der Waals surface area (Å²) in [6, 6.07) is 8.09. The second-order valence-corrected chi connectivity index (χ2v) is 12.8. The van der Waals surface area contributed by atoms with Crippen molar-refractivity contribution in [2.24, 2.45) is 17.6 Å². The minimum Gasteiger partial charge on any atom is -0.510 e. The number of rotatable bonds is 6. The summed E-state index contributed by atoms with van der Waals surface area (Å²) in [5.74, 6) is -6.17. The van der Waals surface area contributed by atoms with Crippen LogP contribution in [0.4, 0.5) is 0 Å². The predicted molar refractivity (Wildman–Crippen MR) is 165 cm³/mol. The third-order valence-corrected chi connectivity index (χ3v) is 10.0. The fourth-order valence-electron chi connectivity index (χ4n) is 7.94. The molecule has 3 aliphatic carbocycles. The molecule has 0 spiro atoms. The van der Waals surface area contributed by atoms with Crippen LogP contribution in [0.25, 0.3) is 11.1 Å². The molecule has 1 aliphatic heterocycles.